The van der Waals surface area contributed by atoms with E-state index in [4.69, 9.17) is 29.4 Å². The van der Waals surface area contributed by atoms with Crippen molar-refractivity contribution in [3.63, 3.8) is 0 Å². The number of benzene rings is 1. The largest absolute Gasteiger partial charge is 0.495 e. The molecule has 4 amide bonds. The molecule has 0 aromatic heterocycles. The van der Waals surface area contributed by atoms with Crippen molar-refractivity contribution in [3.8, 4) is 5.75 Å². The molecule has 1 aliphatic rings. The standard InChI is InChI=1S/C22H34N4O8/c1-30-19-3-2-17(16-18(19)26-7-4-20(27)25-22(26)29)24-21(28)5-8-31-10-12-33-14-15-34-13-11-32-9-6-23/h2-3,16H,4-15,23H2,1H3,(H,24,28)(H,25,27,29). The summed E-state index contributed by atoms with van der Waals surface area (Å²) >= 11 is 0. The van der Waals surface area contributed by atoms with Gasteiger partial charge in [-0.25, -0.2) is 4.79 Å². The Hall–Kier alpha value is -2.77. The van der Waals surface area contributed by atoms with Gasteiger partial charge in [0, 0.05) is 25.2 Å². The summed E-state index contributed by atoms with van der Waals surface area (Å²) in [4.78, 5) is 37.2. The average molecular weight is 483 g/mol. The van der Waals surface area contributed by atoms with Crippen LogP contribution in [-0.4, -0.2) is 90.9 Å². The zero-order valence-corrected chi connectivity index (χ0v) is 19.5. The second kappa shape index (κ2) is 16.0. The number of hydrogen-bond acceptors (Lipinski definition) is 9. The van der Waals surface area contributed by atoms with Crippen LogP contribution in [0.5, 0.6) is 5.75 Å². The summed E-state index contributed by atoms with van der Waals surface area (Å²) in [5.74, 6) is -0.107. The van der Waals surface area contributed by atoms with Crippen LogP contribution in [0.4, 0.5) is 16.2 Å². The van der Waals surface area contributed by atoms with Crippen molar-refractivity contribution in [2.75, 3.05) is 83.3 Å². The van der Waals surface area contributed by atoms with Gasteiger partial charge < -0.3 is 34.7 Å². The van der Waals surface area contributed by atoms with E-state index in [1.807, 2.05) is 0 Å². The van der Waals surface area contributed by atoms with Gasteiger partial charge in [0.25, 0.3) is 0 Å². The van der Waals surface area contributed by atoms with Crippen LogP contribution in [0.2, 0.25) is 0 Å². The van der Waals surface area contributed by atoms with Gasteiger partial charge in [-0.2, -0.15) is 0 Å². The van der Waals surface area contributed by atoms with Crippen molar-refractivity contribution in [1.82, 2.24) is 5.32 Å². The van der Waals surface area contributed by atoms with Gasteiger partial charge >= 0.3 is 6.03 Å². The molecule has 0 spiro atoms. The molecule has 1 saturated heterocycles. The van der Waals surface area contributed by atoms with Crippen LogP contribution in [0.25, 0.3) is 0 Å². The predicted molar refractivity (Wildman–Crippen MR) is 124 cm³/mol. The van der Waals surface area contributed by atoms with Crippen molar-refractivity contribution in [1.29, 1.82) is 0 Å². The topological polar surface area (TPSA) is 151 Å². The van der Waals surface area contributed by atoms with Crippen LogP contribution in [0.1, 0.15) is 12.8 Å². The predicted octanol–water partition coefficient (Wildman–Crippen LogP) is 0.495. The molecule has 1 aliphatic heterocycles. The molecule has 1 fully saturated rings. The maximum atomic E-state index is 12.2. The van der Waals surface area contributed by atoms with E-state index in [-0.39, 0.29) is 37.8 Å². The highest BCUT2D eigenvalue weighted by atomic mass is 16.6. The normalized spacial score (nSPS) is 13.6. The van der Waals surface area contributed by atoms with Crippen molar-refractivity contribution < 1.29 is 38.1 Å². The summed E-state index contributed by atoms with van der Waals surface area (Å²) in [7, 11) is 1.48. The van der Waals surface area contributed by atoms with Crippen LogP contribution in [0.15, 0.2) is 18.2 Å². The van der Waals surface area contributed by atoms with E-state index in [2.05, 4.69) is 10.6 Å². The molecule has 0 bridgehead atoms. The lowest BCUT2D eigenvalue weighted by Gasteiger charge is -2.28. The SMILES string of the molecule is COc1ccc(NC(=O)CCOCCOCCOCCOCCN)cc1N1CCC(=O)NC1=O. The average Bonchev–Trinajstić information content (AvgIpc) is 2.82. The smallest absolute Gasteiger partial charge is 0.328 e. The first-order chi connectivity index (χ1) is 16.5. The summed E-state index contributed by atoms with van der Waals surface area (Å²) < 4.78 is 26.7. The van der Waals surface area contributed by atoms with Crippen molar-refractivity contribution in [2.45, 2.75) is 12.8 Å². The summed E-state index contributed by atoms with van der Waals surface area (Å²) in [6, 6.07) is 4.43. The number of amides is 4. The number of carbonyl (C=O) groups is 3. The summed E-state index contributed by atoms with van der Waals surface area (Å²) in [6.07, 6.45) is 0.343. The van der Waals surface area contributed by atoms with E-state index in [0.717, 1.165) is 0 Å². The Morgan fingerprint density at radius 3 is 2.21 bits per heavy atom. The quantitative estimate of drug-likeness (QED) is 0.270. The second-order valence-electron chi connectivity index (χ2n) is 7.18. The Bertz CT molecular complexity index is 792. The second-order valence-corrected chi connectivity index (χ2v) is 7.18. The van der Waals surface area contributed by atoms with Crippen molar-refractivity contribution in [3.05, 3.63) is 18.2 Å². The first-order valence-electron chi connectivity index (χ1n) is 11.2. The van der Waals surface area contributed by atoms with Gasteiger partial charge in [-0.05, 0) is 18.2 Å². The summed E-state index contributed by atoms with van der Waals surface area (Å²) in [5, 5.41) is 5.04. The number of nitrogens with zero attached hydrogens (tertiary/aromatic N) is 1. The third-order valence-electron chi connectivity index (χ3n) is 4.66. The zero-order valence-electron chi connectivity index (χ0n) is 19.5. The van der Waals surface area contributed by atoms with Gasteiger partial charge in [0.1, 0.15) is 5.75 Å². The van der Waals surface area contributed by atoms with E-state index in [9.17, 15) is 14.4 Å². The minimum Gasteiger partial charge on any atom is -0.495 e. The molecule has 0 atom stereocenters. The summed E-state index contributed by atoms with van der Waals surface area (Å²) in [6.45, 7) is 4.17. The van der Waals surface area contributed by atoms with Gasteiger partial charge in [0.15, 0.2) is 0 Å². The molecule has 1 heterocycles. The monoisotopic (exact) mass is 482 g/mol. The van der Waals surface area contributed by atoms with Gasteiger partial charge in [0.2, 0.25) is 11.8 Å². The van der Waals surface area contributed by atoms with E-state index in [1.54, 1.807) is 18.2 Å². The number of rotatable bonds is 17. The molecule has 1 aromatic carbocycles. The fourth-order valence-corrected chi connectivity index (χ4v) is 3.01. The van der Waals surface area contributed by atoms with Crippen LogP contribution in [0.3, 0.4) is 0 Å². The first kappa shape index (κ1) is 27.5. The molecular weight excluding hydrogens is 448 g/mol. The Labute approximate surface area is 199 Å². The third kappa shape index (κ3) is 10.0. The Morgan fingerprint density at radius 1 is 1.00 bits per heavy atom. The lowest BCUT2D eigenvalue weighted by Crippen LogP contribution is -2.49. The third-order valence-corrected chi connectivity index (χ3v) is 4.66. The number of urea groups is 1. The van der Waals surface area contributed by atoms with E-state index < -0.39 is 6.03 Å². The molecule has 0 aliphatic carbocycles. The molecule has 0 radical (unpaired) electrons. The molecule has 1 aromatic rings. The first-order valence-corrected chi connectivity index (χ1v) is 11.2. The van der Waals surface area contributed by atoms with E-state index in [1.165, 1.54) is 12.0 Å². The molecule has 190 valence electrons. The van der Waals surface area contributed by atoms with E-state index in [0.29, 0.717) is 69.9 Å². The number of ether oxygens (including phenoxy) is 5. The fourth-order valence-electron chi connectivity index (χ4n) is 3.01. The van der Waals surface area contributed by atoms with Crippen LogP contribution < -0.4 is 26.0 Å². The maximum Gasteiger partial charge on any atom is 0.328 e. The number of imide groups is 1. The molecule has 4 N–H and O–H groups in total. The molecule has 0 unspecified atom stereocenters. The number of carbonyl (C=O) groups excluding carboxylic acids is 3. The molecule has 34 heavy (non-hydrogen) atoms. The van der Waals surface area contributed by atoms with Gasteiger partial charge in [-0.3, -0.25) is 19.8 Å². The minimum absolute atomic E-state index is 0.159. The Balaban J connectivity index is 1.62. The van der Waals surface area contributed by atoms with Crippen LogP contribution in [0, 0.1) is 0 Å². The molecular formula is C22H34N4O8. The van der Waals surface area contributed by atoms with Crippen molar-refractivity contribution in [2.24, 2.45) is 5.73 Å². The molecule has 2 rings (SSSR count). The highest BCUT2D eigenvalue weighted by Crippen LogP contribution is 2.32. The molecule has 0 saturated carbocycles. The fraction of sp³-hybridized carbons (Fsp3) is 0.591. The Kier molecular flexibility index (Phi) is 12.9. The van der Waals surface area contributed by atoms with Gasteiger partial charge in [0.05, 0.1) is 72.1 Å². The maximum absolute atomic E-state index is 12.2. The summed E-state index contributed by atoms with van der Waals surface area (Å²) in [5.41, 5.74) is 6.28. The van der Waals surface area contributed by atoms with Crippen LogP contribution in [-0.2, 0) is 28.5 Å². The lowest BCUT2D eigenvalue weighted by molar-refractivity contribution is -0.120. The number of nitrogens with one attached hydrogen (secondary N) is 2. The number of nitrogens with two attached hydrogens (primary N) is 1. The highest BCUT2D eigenvalue weighted by molar-refractivity contribution is 6.06. The number of methoxy groups -OCH3 is 1. The minimum atomic E-state index is -0.531. The lowest BCUT2D eigenvalue weighted by atomic mass is 10.2. The van der Waals surface area contributed by atoms with Gasteiger partial charge in [-0.15, -0.1) is 0 Å². The number of hydrogen-bond donors (Lipinski definition) is 3. The number of anilines is 2. The molecule has 12 heteroatoms. The zero-order chi connectivity index (χ0) is 24.6. The Morgan fingerprint density at radius 2 is 1.62 bits per heavy atom. The van der Waals surface area contributed by atoms with Crippen LogP contribution >= 0.6 is 0 Å². The van der Waals surface area contributed by atoms with E-state index >= 15 is 0 Å². The van der Waals surface area contributed by atoms with Gasteiger partial charge in [-0.1, -0.05) is 0 Å². The molecule has 12 nitrogen and oxygen atoms in total. The van der Waals surface area contributed by atoms with Crippen molar-refractivity contribution >= 4 is 29.2 Å². The highest BCUT2D eigenvalue weighted by Gasteiger charge is 2.26.